The van der Waals surface area contributed by atoms with Gasteiger partial charge in [0.2, 0.25) is 0 Å². The van der Waals surface area contributed by atoms with Crippen LogP contribution in [0.5, 0.6) is 5.75 Å². The molecule has 0 unspecified atom stereocenters. The lowest BCUT2D eigenvalue weighted by Gasteiger charge is -2.12. The Labute approximate surface area is 165 Å². The number of carbonyl (C=O) groups excluding carboxylic acids is 2. The fourth-order valence-electron chi connectivity index (χ4n) is 2.60. The number of benzene rings is 3. The first kappa shape index (κ1) is 18.7. The van der Waals surface area contributed by atoms with Crippen LogP contribution in [0.3, 0.4) is 0 Å². The normalized spacial score (nSPS) is 10.3. The third-order valence-electron chi connectivity index (χ3n) is 3.93. The van der Waals surface area contributed by atoms with Gasteiger partial charge in [0.25, 0.3) is 11.8 Å². The van der Waals surface area contributed by atoms with Crippen LogP contribution in [-0.4, -0.2) is 16.9 Å². The molecule has 3 aromatic carbocycles. The summed E-state index contributed by atoms with van der Waals surface area (Å²) in [5, 5.41) is 15.2. The monoisotopic (exact) mass is 424 g/mol. The zero-order valence-corrected chi connectivity index (χ0v) is 16.1. The number of nitrogens with one attached hydrogen (secondary N) is 2. The second-order valence-electron chi connectivity index (χ2n) is 5.97. The first-order chi connectivity index (χ1) is 12.9. The molecule has 0 aliphatic rings. The van der Waals surface area contributed by atoms with Crippen LogP contribution >= 0.6 is 15.9 Å². The minimum absolute atomic E-state index is 0.114. The van der Waals surface area contributed by atoms with Gasteiger partial charge in [0.15, 0.2) is 0 Å². The Morgan fingerprint density at radius 3 is 2.22 bits per heavy atom. The third kappa shape index (κ3) is 4.54. The summed E-state index contributed by atoms with van der Waals surface area (Å²) in [5.41, 5.74) is 2.77. The lowest BCUT2D eigenvalue weighted by Crippen LogP contribution is -2.15. The molecule has 6 heteroatoms. The van der Waals surface area contributed by atoms with E-state index in [1.54, 1.807) is 61.5 Å². The van der Waals surface area contributed by atoms with Crippen LogP contribution in [-0.2, 0) is 0 Å². The topological polar surface area (TPSA) is 78.4 Å². The fraction of sp³-hybridized carbons (Fsp3) is 0.0476. The number of aryl methyl sites for hydroxylation is 1. The predicted molar refractivity (Wildman–Crippen MR) is 109 cm³/mol. The van der Waals surface area contributed by atoms with Crippen molar-refractivity contribution in [1.82, 2.24) is 0 Å². The van der Waals surface area contributed by atoms with Gasteiger partial charge >= 0.3 is 0 Å². The Morgan fingerprint density at radius 2 is 1.52 bits per heavy atom. The number of halogens is 1. The molecular weight excluding hydrogens is 408 g/mol. The molecule has 0 heterocycles. The number of rotatable bonds is 4. The second-order valence-corrected chi connectivity index (χ2v) is 6.83. The standard InChI is InChI=1S/C21H17BrN2O3/c1-13-10-17(25)12-18(22)19(13)24-21(27)15-8-5-9-16(11-15)23-20(26)14-6-3-2-4-7-14/h2-12,25H,1H3,(H,23,26)(H,24,27). The average Bonchev–Trinajstić information content (AvgIpc) is 2.65. The van der Waals surface area contributed by atoms with Gasteiger partial charge in [0.1, 0.15) is 5.75 Å². The van der Waals surface area contributed by atoms with Crippen LogP contribution in [0.25, 0.3) is 0 Å². The van der Waals surface area contributed by atoms with Crippen molar-refractivity contribution in [3.8, 4) is 5.75 Å². The van der Waals surface area contributed by atoms with E-state index in [0.717, 1.165) is 5.56 Å². The van der Waals surface area contributed by atoms with E-state index in [4.69, 9.17) is 0 Å². The number of hydrogen-bond donors (Lipinski definition) is 3. The molecular formula is C21H17BrN2O3. The molecule has 0 aliphatic carbocycles. The van der Waals surface area contributed by atoms with E-state index in [1.807, 2.05) is 6.07 Å². The number of amides is 2. The number of hydrogen-bond acceptors (Lipinski definition) is 3. The van der Waals surface area contributed by atoms with Gasteiger partial charge in [-0.25, -0.2) is 0 Å². The molecule has 0 aliphatic heterocycles. The largest absolute Gasteiger partial charge is 0.508 e. The second kappa shape index (κ2) is 8.05. The average molecular weight is 425 g/mol. The molecule has 0 bridgehead atoms. The van der Waals surface area contributed by atoms with Crippen molar-refractivity contribution in [3.63, 3.8) is 0 Å². The van der Waals surface area contributed by atoms with E-state index in [-0.39, 0.29) is 17.6 Å². The number of phenolic OH excluding ortho intramolecular Hbond substituents is 1. The summed E-state index contributed by atoms with van der Waals surface area (Å²) in [6.07, 6.45) is 0. The molecule has 3 rings (SSSR count). The molecule has 0 spiro atoms. The van der Waals surface area contributed by atoms with Gasteiger partial charge in [0.05, 0.1) is 5.69 Å². The van der Waals surface area contributed by atoms with Crippen molar-refractivity contribution in [3.05, 3.63) is 87.9 Å². The van der Waals surface area contributed by atoms with Crippen molar-refractivity contribution in [2.75, 3.05) is 10.6 Å². The molecule has 3 aromatic rings. The van der Waals surface area contributed by atoms with Gasteiger partial charge in [-0.05, 0) is 70.9 Å². The van der Waals surface area contributed by atoms with Crippen molar-refractivity contribution >= 4 is 39.1 Å². The minimum Gasteiger partial charge on any atom is -0.508 e. The van der Waals surface area contributed by atoms with Crippen LogP contribution < -0.4 is 10.6 Å². The SMILES string of the molecule is Cc1cc(O)cc(Br)c1NC(=O)c1cccc(NC(=O)c2ccccc2)c1. The summed E-state index contributed by atoms with van der Waals surface area (Å²) < 4.78 is 0.585. The first-order valence-corrected chi connectivity index (χ1v) is 9.00. The van der Waals surface area contributed by atoms with E-state index >= 15 is 0 Å². The molecule has 0 saturated heterocycles. The van der Waals surface area contributed by atoms with Crippen LogP contribution in [0, 0.1) is 6.92 Å². The van der Waals surface area contributed by atoms with Crippen molar-refractivity contribution in [1.29, 1.82) is 0 Å². The zero-order valence-electron chi connectivity index (χ0n) is 14.5. The molecule has 27 heavy (non-hydrogen) atoms. The Bertz CT molecular complexity index is 980. The Morgan fingerprint density at radius 1 is 0.852 bits per heavy atom. The van der Waals surface area contributed by atoms with Crippen molar-refractivity contribution < 1.29 is 14.7 Å². The molecule has 3 N–H and O–H groups in total. The minimum atomic E-state index is -0.319. The molecule has 0 radical (unpaired) electrons. The van der Waals surface area contributed by atoms with Crippen LogP contribution in [0.1, 0.15) is 26.3 Å². The summed E-state index contributed by atoms with van der Waals surface area (Å²) in [6, 6.07) is 18.6. The highest BCUT2D eigenvalue weighted by Gasteiger charge is 2.13. The fourth-order valence-corrected chi connectivity index (χ4v) is 3.25. The molecule has 5 nitrogen and oxygen atoms in total. The van der Waals surface area contributed by atoms with Crippen molar-refractivity contribution in [2.45, 2.75) is 6.92 Å². The maximum Gasteiger partial charge on any atom is 0.255 e. The number of carbonyl (C=O) groups is 2. The summed E-state index contributed by atoms with van der Waals surface area (Å²) in [5.74, 6) is -0.450. The molecule has 0 fully saturated rings. The number of anilines is 2. The molecule has 0 atom stereocenters. The molecule has 136 valence electrons. The number of aromatic hydroxyl groups is 1. The van der Waals surface area contributed by atoms with Gasteiger partial charge < -0.3 is 15.7 Å². The van der Waals surface area contributed by atoms with Gasteiger partial charge in [-0.3, -0.25) is 9.59 Å². The first-order valence-electron chi connectivity index (χ1n) is 8.21. The number of phenols is 1. The molecule has 0 saturated carbocycles. The van der Waals surface area contributed by atoms with E-state index < -0.39 is 0 Å². The Balaban J connectivity index is 1.77. The van der Waals surface area contributed by atoms with E-state index in [0.29, 0.717) is 27.0 Å². The van der Waals surface area contributed by atoms with Crippen molar-refractivity contribution in [2.24, 2.45) is 0 Å². The zero-order chi connectivity index (χ0) is 19.4. The smallest absolute Gasteiger partial charge is 0.255 e. The predicted octanol–water partition coefficient (Wildman–Crippen LogP) is 4.97. The maximum atomic E-state index is 12.6. The van der Waals surface area contributed by atoms with Gasteiger partial charge in [-0.15, -0.1) is 0 Å². The lowest BCUT2D eigenvalue weighted by molar-refractivity contribution is 0.101. The van der Waals surface area contributed by atoms with E-state index in [1.165, 1.54) is 6.07 Å². The van der Waals surface area contributed by atoms with E-state index in [9.17, 15) is 14.7 Å². The van der Waals surface area contributed by atoms with E-state index in [2.05, 4.69) is 26.6 Å². The summed E-state index contributed by atoms with van der Waals surface area (Å²) in [6.45, 7) is 1.79. The Kier molecular flexibility index (Phi) is 5.57. The highest BCUT2D eigenvalue weighted by atomic mass is 79.9. The highest BCUT2D eigenvalue weighted by molar-refractivity contribution is 9.10. The van der Waals surface area contributed by atoms with Crippen LogP contribution in [0.15, 0.2) is 71.2 Å². The third-order valence-corrected chi connectivity index (χ3v) is 4.55. The Hall–Kier alpha value is -3.12. The summed E-state index contributed by atoms with van der Waals surface area (Å²) in [4.78, 5) is 24.9. The van der Waals surface area contributed by atoms with Crippen LogP contribution in [0.4, 0.5) is 11.4 Å². The summed E-state index contributed by atoms with van der Waals surface area (Å²) >= 11 is 3.34. The van der Waals surface area contributed by atoms with Crippen LogP contribution in [0.2, 0.25) is 0 Å². The molecule has 0 aromatic heterocycles. The lowest BCUT2D eigenvalue weighted by atomic mass is 10.1. The molecule has 2 amide bonds. The van der Waals surface area contributed by atoms with Gasteiger partial charge in [-0.1, -0.05) is 24.3 Å². The van der Waals surface area contributed by atoms with Gasteiger partial charge in [0, 0.05) is 21.3 Å². The maximum absolute atomic E-state index is 12.6. The highest BCUT2D eigenvalue weighted by Crippen LogP contribution is 2.31. The van der Waals surface area contributed by atoms with Gasteiger partial charge in [-0.2, -0.15) is 0 Å². The summed E-state index contributed by atoms with van der Waals surface area (Å²) in [7, 11) is 0. The quantitative estimate of drug-likeness (QED) is 0.517.